The Labute approximate surface area is 234 Å². The average molecular weight is 540 g/mol. The number of aliphatic imine (C=N–C) groups is 1. The number of hydrogen-bond acceptors (Lipinski definition) is 8. The van der Waals surface area contributed by atoms with Crippen molar-refractivity contribution in [3.05, 3.63) is 107 Å². The number of nitrogens with one attached hydrogen (secondary N) is 1. The number of ketones is 1. The molecule has 2 aromatic rings. The van der Waals surface area contributed by atoms with E-state index in [-0.39, 0.29) is 30.4 Å². The minimum atomic E-state index is -0.543. The molecular weight excluding hydrogens is 506 g/mol. The predicted molar refractivity (Wildman–Crippen MR) is 154 cm³/mol. The molecule has 2 aromatic carbocycles. The molecule has 0 amide bonds. The van der Waals surface area contributed by atoms with E-state index in [0.717, 1.165) is 22.6 Å². The van der Waals surface area contributed by atoms with Crippen molar-refractivity contribution < 1.29 is 24.2 Å². The fourth-order valence-electron chi connectivity index (χ4n) is 4.54. The van der Waals surface area contributed by atoms with E-state index in [1.165, 1.54) is 6.08 Å². The van der Waals surface area contributed by atoms with Crippen LogP contribution in [0.3, 0.4) is 0 Å². The Balaban J connectivity index is 0.000000472. The van der Waals surface area contributed by atoms with Gasteiger partial charge in [-0.05, 0) is 55.7 Å². The number of dihydropyridines is 1. The van der Waals surface area contributed by atoms with Crippen molar-refractivity contribution in [2.75, 3.05) is 13.7 Å². The van der Waals surface area contributed by atoms with Crippen LogP contribution in [0.1, 0.15) is 43.2 Å². The molecule has 2 N–H and O–H groups in total. The number of carbonyl (C=O) groups excluding carboxylic acids is 2. The molecule has 0 saturated carbocycles. The Kier molecular flexibility index (Phi) is 10.2. The van der Waals surface area contributed by atoms with Crippen molar-refractivity contribution in [2.45, 2.75) is 39.0 Å². The highest BCUT2D eigenvalue weighted by atomic mass is 16.5. The third-order valence-electron chi connectivity index (χ3n) is 6.55. The Bertz CT molecular complexity index is 1440. The van der Waals surface area contributed by atoms with E-state index in [1.807, 2.05) is 43.3 Å². The Morgan fingerprint density at radius 3 is 2.60 bits per heavy atom. The van der Waals surface area contributed by atoms with Gasteiger partial charge in [0.25, 0.3) is 0 Å². The normalized spacial score (nSPS) is 16.5. The van der Waals surface area contributed by atoms with Gasteiger partial charge in [-0.1, -0.05) is 43.5 Å². The molecule has 0 saturated heterocycles. The molecule has 0 aromatic heterocycles. The second-order valence-electron chi connectivity index (χ2n) is 9.41. The maximum Gasteiger partial charge on any atom is 0.336 e. The van der Waals surface area contributed by atoms with Gasteiger partial charge in [-0.25, -0.2) is 9.79 Å². The molecule has 1 aliphatic heterocycles. The molecule has 0 radical (unpaired) electrons. The smallest absolute Gasteiger partial charge is 0.336 e. The number of nitriles is 1. The average Bonchev–Trinajstić information content (AvgIpc) is 2.94. The van der Waals surface area contributed by atoms with Crippen molar-refractivity contribution in [3.8, 4) is 17.6 Å². The van der Waals surface area contributed by atoms with Gasteiger partial charge in [0.2, 0.25) is 0 Å². The second kappa shape index (κ2) is 13.8. The summed E-state index contributed by atoms with van der Waals surface area (Å²) in [5.41, 5.74) is 4.91. The van der Waals surface area contributed by atoms with Crippen LogP contribution >= 0.6 is 0 Å². The number of carbonyl (C=O) groups is 2. The molecule has 8 nitrogen and oxygen atoms in total. The van der Waals surface area contributed by atoms with E-state index in [4.69, 9.17) is 19.8 Å². The molecule has 0 unspecified atom stereocenters. The number of para-hydroxylation sites is 1. The quantitative estimate of drug-likeness (QED) is 0.268. The number of esters is 1. The lowest BCUT2D eigenvalue weighted by atomic mass is 9.78. The topological polar surface area (TPSA) is 121 Å². The molecule has 40 heavy (non-hydrogen) atoms. The van der Waals surface area contributed by atoms with Gasteiger partial charge in [-0.3, -0.25) is 4.79 Å². The van der Waals surface area contributed by atoms with Gasteiger partial charge in [0.1, 0.15) is 29.9 Å². The zero-order valence-electron chi connectivity index (χ0n) is 23.0. The van der Waals surface area contributed by atoms with E-state index < -0.39 is 5.97 Å². The summed E-state index contributed by atoms with van der Waals surface area (Å²) in [6.45, 7) is 10.7. The van der Waals surface area contributed by atoms with Crippen LogP contribution in [0.4, 0.5) is 0 Å². The van der Waals surface area contributed by atoms with E-state index >= 15 is 0 Å². The molecule has 0 spiro atoms. The maximum atomic E-state index is 13.0. The van der Waals surface area contributed by atoms with Gasteiger partial charge in [0.05, 0.1) is 18.4 Å². The van der Waals surface area contributed by atoms with Crippen LogP contribution in [0.15, 0.2) is 101 Å². The SMILES string of the molecule is C=CC(COC(=O)C1=C(C)NC2=C(C1)C(=O)C[C@H](c1ccccc1OC)C2)=NC(=C)C#N.Cc1cccc(O)c1. The lowest BCUT2D eigenvalue weighted by Crippen LogP contribution is -2.32. The first kappa shape index (κ1) is 29.7. The summed E-state index contributed by atoms with van der Waals surface area (Å²) in [6, 6.07) is 16.7. The number of ether oxygens (including phenoxy) is 2. The van der Waals surface area contributed by atoms with Crippen LogP contribution in [0.2, 0.25) is 0 Å². The number of phenols is 1. The van der Waals surface area contributed by atoms with Crippen LogP contribution in [0.5, 0.6) is 11.5 Å². The molecule has 2 aliphatic rings. The monoisotopic (exact) mass is 539 g/mol. The zero-order chi connectivity index (χ0) is 29.2. The minimum Gasteiger partial charge on any atom is -0.508 e. The first-order valence-electron chi connectivity index (χ1n) is 12.7. The first-order chi connectivity index (χ1) is 19.2. The Morgan fingerprint density at radius 2 is 1.98 bits per heavy atom. The lowest BCUT2D eigenvalue weighted by Gasteiger charge is -2.32. The van der Waals surface area contributed by atoms with Gasteiger partial charge < -0.3 is 19.9 Å². The van der Waals surface area contributed by atoms with Gasteiger partial charge in [0.15, 0.2) is 5.78 Å². The molecule has 8 heteroatoms. The standard InChI is InChI=1S/C25H25N3O4.C7H8O/c1-5-18(27-15(2)13-26)14-32-25(30)20-12-21-22(28-16(20)3)10-17(11-23(21)29)19-8-6-7-9-24(19)31-4;1-6-3-2-4-7(8)5-6/h5-9,17,28H,1-2,10-12,14H2,3-4H3;2-5,8H,1H3/t17-;/m1./s1. The van der Waals surface area contributed by atoms with E-state index in [1.54, 1.807) is 32.2 Å². The lowest BCUT2D eigenvalue weighted by molar-refractivity contribution is -0.137. The van der Waals surface area contributed by atoms with Gasteiger partial charge in [-0.15, -0.1) is 0 Å². The summed E-state index contributed by atoms with van der Waals surface area (Å²) in [6.07, 6.45) is 2.63. The molecule has 1 heterocycles. The van der Waals surface area contributed by atoms with Crippen LogP contribution in [-0.4, -0.2) is 36.3 Å². The zero-order valence-corrected chi connectivity index (χ0v) is 23.0. The number of methoxy groups -OCH3 is 1. The molecular formula is C32H33N3O5. The largest absolute Gasteiger partial charge is 0.508 e. The fraction of sp³-hybridized carbons (Fsp3) is 0.250. The molecule has 1 atom stereocenters. The van der Waals surface area contributed by atoms with Crippen molar-refractivity contribution in [2.24, 2.45) is 4.99 Å². The van der Waals surface area contributed by atoms with Crippen molar-refractivity contribution in [3.63, 3.8) is 0 Å². The molecule has 4 rings (SSSR count). The third-order valence-corrected chi connectivity index (χ3v) is 6.55. The van der Waals surface area contributed by atoms with Gasteiger partial charge in [0, 0.05) is 35.7 Å². The fourth-order valence-corrected chi connectivity index (χ4v) is 4.54. The first-order valence-corrected chi connectivity index (χ1v) is 12.7. The number of allylic oxidation sites excluding steroid dienone is 4. The van der Waals surface area contributed by atoms with E-state index in [2.05, 4.69) is 23.5 Å². The van der Waals surface area contributed by atoms with Crippen molar-refractivity contribution in [1.82, 2.24) is 5.32 Å². The second-order valence-corrected chi connectivity index (χ2v) is 9.41. The summed E-state index contributed by atoms with van der Waals surface area (Å²) in [5.74, 6) is 0.570. The summed E-state index contributed by atoms with van der Waals surface area (Å²) in [5, 5.41) is 20.9. The molecule has 1 aliphatic carbocycles. The summed E-state index contributed by atoms with van der Waals surface area (Å²) in [4.78, 5) is 29.6. The molecule has 206 valence electrons. The number of aromatic hydroxyl groups is 1. The number of benzene rings is 2. The highest BCUT2D eigenvalue weighted by Gasteiger charge is 2.34. The Hall–Kier alpha value is -4.90. The summed E-state index contributed by atoms with van der Waals surface area (Å²) in [7, 11) is 1.62. The summed E-state index contributed by atoms with van der Waals surface area (Å²) < 4.78 is 10.8. The van der Waals surface area contributed by atoms with Crippen LogP contribution in [-0.2, 0) is 14.3 Å². The summed E-state index contributed by atoms with van der Waals surface area (Å²) >= 11 is 0. The highest BCUT2D eigenvalue weighted by Crippen LogP contribution is 2.41. The van der Waals surface area contributed by atoms with Crippen LogP contribution in [0.25, 0.3) is 0 Å². The molecule has 0 fully saturated rings. The number of hydrogen-bond donors (Lipinski definition) is 2. The number of rotatable bonds is 7. The number of phenolic OH excluding ortho intramolecular Hbond substituents is 1. The van der Waals surface area contributed by atoms with Crippen LogP contribution < -0.4 is 10.1 Å². The van der Waals surface area contributed by atoms with Gasteiger partial charge in [-0.2, -0.15) is 5.26 Å². The van der Waals surface area contributed by atoms with Crippen LogP contribution in [0, 0.1) is 18.3 Å². The molecule has 0 bridgehead atoms. The van der Waals surface area contributed by atoms with E-state index in [9.17, 15) is 9.59 Å². The van der Waals surface area contributed by atoms with Crippen molar-refractivity contribution >= 4 is 17.5 Å². The van der Waals surface area contributed by atoms with Gasteiger partial charge >= 0.3 is 5.97 Å². The predicted octanol–water partition coefficient (Wildman–Crippen LogP) is 5.57. The number of nitrogens with zero attached hydrogens (tertiary/aromatic N) is 2. The number of aryl methyl sites for hydroxylation is 1. The Morgan fingerprint density at radius 1 is 1.23 bits per heavy atom. The third kappa shape index (κ3) is 7.58. The highest BCUT2D eigenvalue weighted by molar-refractivity contribution is 6.02. The van der Waals surface area contributed by atoms with E-state index in [0.29, 0.717) is 41.1 Å². The van der Waals surface area contributed by atoms with Crippen molar-refractivity contribution in [1.29, 1.82) is 5.26 Å². The maximum absolute atomic E-state index is 13.0. The minimum absolute atomic E-state index is 0.00196. The number of Topliss-reactive ketones (excluding diaryl/α,β-unsaturated/α-hetero) is 1.